The van der Waals surface area contributed by atoms with Crippen LogP contribution in [-0.4, -0.2) is 40.6 Å². The molecule has 28 heavy (non-hydrogen) atoms. The van der Waals surface area contributed by atoms with Crippen LogP contribution in [0.4, 0.5) is 5.69 Å². The van der Waals surface area contributed by atoms with Gasteiger partial charge in [0.25, 0.3) is 17.7 Å². The number of anilines is 1. The van der Waals surface area contributed by atoms with Gasteiger partial charge in [-0.15, -0.1) is 0 Å². The number of hydrogen-bond donors (Lipinski definition) is 2. The molecule has 2 N–H and O–H groups in total. The van der Waals surface area contributed by atoms with Crippen molar-refractivity contribution in [3.63, 3.8) is 0 Å². The highest BCUT2D eigenvalue weighted by Gasteiger charge is 2.36. The number of nitrogens with zero attached hydrogens (tertiary/aromatic N) is 1. The Balaban J connectivity index is 1.62. The number of amides is 4. The van der Waals surface area contributed by atoms with E-state index in [0.29, 0.717) is 22.4 Å². The quantitative estimate of drug-likeness (QED) is 0.798. The summed E-state index contributed by atoms with van der Waals surface area (Å²) in [5.41, 5.74) is 1.18. The summed E-state index contributed by atoms with van der Waals surface area (Å²) in [6, 6.07) is 12.9. The fraction of sp³-hybridized carbons (Fsp3) is 0.238. The molecule has 0 radical (unpaired) electrons. The highest BCUT2D eigenvalue weighted by Crippen LogP contribution is 2.22. The van der Waals surface area contributed by atoms with Crippen molar-refractivity contribution in [2.24, 2.45) is 0 Å². The Morgan fingerprint density at radius 1 is 0.893 bits per heavy atom. The van der Waals surface area contributed by atoms with Gasteiger partial charge in [-0.25, -0.2) is 0 Å². The third-order valence-electron chi connectivity index (χ3n) is 4.10. The Kier molecular flexibility index (Phi) is 5.00. The van der Waals surface area contributed by atoms with Crippen LogP contribution in [0, 0.1) is 0 Å². The van der Waals surface area contributed by atoms with Crippen molar-refractivity contribution in [2.75, 3.05) is 11.9 Å². The lowest BCUT2D eigenvalue weighted by Crippen LogP contribution is -2.40. The maximum Gasteiger partial charge on any atom is 0.262 e. The third kappa shape index (κ3) is 4.09. The van der Waals surface area contributed by atoms with Gasteiger partial charge in [0.2, 0.25) is 5.91 Å². The topological polar surface area (TPSA) is 95.6 Å². The van der Waals surface area contributed by atoms with Gasteiger partial charge in [-0.2, -0.15) is 0 Å². The molecule has 144 valence electrons. The molecule has 0 fully saturated rings. The van der Waals surface area contributed by atoms with Gasteiger partial charge in [0.15, 0.2) is 0 Å². The smallest absolute Gasteiger partial charge is 0.262 e. The summed E-state index contributed by atoms with van der Waals surface area (Å²) < 4.78 is 0. The standard InChI is InChI=1S/C21H21N3O4/c1-21(2,3)23-18(26)13-8-10-14(11-9-13)22-17(25)12-24-19(27)15-6-4-5-7-16(15)20(24)28/h4-11H,12H2,1-3H3,(H,22,25)(H,23,26). The van der Waals surface area contributed by atoms with Crippen LogP contribution in [0.3, 0.4) is 0 Å². The molecule has 3 rings (SSSR count). The highest BCUT2D eigenvalue weighted by molar-refractivity contribution is 6.22. The SMILES string of the molecule is CC(C)(C)NC(=O)c1ccc(NC(=O)CN2C(=O)c3ccccc3C2=O)cc1. The number of rotatable bonds is 4. The maximum atomic E-state index is 12.3. The van der Waals surface area contributed by atoms with Gasteiger partial charge in [-0.1, -0.05) is 12.1 Å². The van der Waals surface area contributed by atoms with Crippen LogP contribution in [0.25, 0.3) is 0 Å². The van der Waals surface area contributed by atoms with Crippen LogP contribution in [0.5, 0.6) is 0 Å². The molecular weight excluding hydrogens is 358 g/mol. The predicted octanol–water partition coefficient (Wildman–Crippen LogP) is 2.45. The Morgan fingerprint density at radius 3 is 1.93 bits per heavy atom. The van der Waals surface area contributed by atoms with Gasteiger partial charge in [-0.3, -0.25) is 24.1 Å². The molecule has 7 nitrogen and oxygen atoms in total. The largest absolute Gasteiger partial charge is 0.347 e. The summed E-state index contributed by atoms with van der Waals surface area (Å²) >= 11 is 0. The Hall–Kier alpha value is -3.48. The second-order valence-corrected chi connectivity index (χ2v) is 7.57. The Labute approximate surface area is 162 Å². The molecule has 0 aliphatic carbocycles. The number of hydrogen-bond acceptors (Lipinski definition) is 4. The molecule has 2 aromatic carbocycles. The highest BCUT2D eigenvalue weighted by atomic mass is 16.2. The number of fused-ring (bicyclic) bond motifs is 1. The minimum Gasteiger partial charge on any atom is -0.347 e. The van der Waals surface area contributed by atoms with Crippen molar-refractivity contribution < 1.29 is 19.2 Å². The van der Waals surface area contributed by atoms with Crippen LogP contribution in [-0.2, 0) is 4.79 Å². The first-order chi connectivity index (χ1) is 13.2. The number of carbonyl (C=O) groups is 4. The minimum absolute atomic E-state index is 0.212. The summed E-state index contributed by atoms with van der Waals surface area (Å²) in [5, 5.41) is 5.49. The average molecular weight is 379 g/mol. The first-order valence-corrected chi connectivity index (χ1v) is 8.83. The van der Waals surface area contributed by atoms with Crippen molar-refractivity contribution in [2.45, 2.75) is 26.3 Å². The van der Waals surface area contributed by atoms with Crippen LogP contribution in [0.1, 0.15) is 51.8 Å². The molecule has 0 saturated carbocycles. The second kappa shape index (κ2) is 7.26. The fourth-order valence-corrected chi connectivity index (χ4v) is 2.84. The summed E-state index contributed by atoms with van der Waals surface area (Å²) in [5.74, 6) is -1.67. The summed E-state index contributed by atoms with van der Waals surface area (Å²) in [6.07, 6.45) is 0. The zero-order chi connectivity index (χ0) is 20.5. The van der Waals surface area contributed by atoms with E-state index in [1.54, 1.807) is 48.5 Å². The van der Waals surface area contributed by atoms with Crippen molar-refractivity contribution in [3.8, 4) is 0 Å². The predicted molar refractivity (Wildman–Crippen MR) is 104 cm³/mol. The van der Waals surface area contributed by atoms with E-state index in [0.717, 1.165) is 4.90 Å². The van der Waals surface area contributed by atoms with Crippen LogP contribution in [0.15, 0.2) is 48.5 Å². The van der Waals surface area contributed by atoms with E-state index in [2.05, 4.69) is 10.6 Å². The fourth-order valence-electron chi connectivity index (χ4n) is 2.84. The van der Waals surface area contributed by atoms with Crippen molar-refractivity contribution >= 4 is 29.3 Å². The Bertz CT molecular complexity index is 923. The van der Waals surface area contributed by atoms with Crippen LogP contribution in [0.2, 0.25) is 0 Å². The first-order valence-electron chi connectivity index (χ1n) is 8.83. The van der Waals surface area contributed by atoms with Gasteiger partial charge in [0.1, 0.15) is 6.54 Å². The lowest BCUT2D eigenvalue weighted by Gasteiger charge is -2.20. The molecule has 1 aliphatic rings. The van der Waals surface area contributed by atoms with E-state index in [4.69, 9.17) is 0 Å². The molecule has 0 saturated heterocycles. The average Bonchev–Trinajstić information content (AvgIpc) is 2.86. The maximum absolute atomic E-state index is 12.3. The number of imide groups is 1. The summed E-state index contributed by atoms with van der Waals surface area (Å²) in [7, 11) is 0. The van der Waals surface area contributed by atoms with E-state index >= 15 is 0 Å². The molecule has 2 aromatic rings. The number of benzene rings is 2. The lowest BCUT2D eigenvalue weighted by atomic mass is 10.1. The van der Waals surface area contributed by atoms with E-state index in [1.807, 2.05) is 20.8 Å². The molecular formula is C21H21N3O4. The van der Waals surface area contributed by atoms with Crippen LogP contribution >= 0.6 is 0 Å². The molecule has 0 atom stereocenters. The first kappa shape index (κ1) is 19.3. The van der Waals surface area contributed by atoms with Crippen molar-refractivity contribution in [1.82, 2.24) is 10.2 Å². The normalized spacial score (nSPS) is 13.3. The van der Waals surface area contributed by atoms with Gasteiger partial charge >= 0.3 is 0 Å². The van der Waals surface area contributed by atoms with Gasteiger partial charge in [-0.05, 0) is 57.2 Å². The van der Waals surface area contributed by atoms with E-state index in [9.17, 15) is 19.2 Å². The molecule has 0 unspecified atom stereocenters. The monoisotopic (exact) mass is 379 g/mol. The van der Waals surface area contributed by atoms with E-state index in [-0.39, 0.29) is 18.0 Å². The molecule has 4 amide bonds. The minimum atomic E-state index is -0.499. The second-order valence-electron chi connectivity index (χ2n) is 7.57. The van der Waals surface area contributed by atoms with Crippen LogP contribution < -0.4 is 10.6 Å². The summed E-state index contributed by atoms with van der Waals surface area (Å²) in [6.45, 7) is 5.29. The molecule has 0 aromatic heterocycles. The zero-order valence-electron chi connectivity index (χ0n) is 15.9. The van der Waals surface area contributed by atoms with Crippen molar-refractivity contribution in [1.29, 1.82) is 0 Å². The van der Waals surface area contributed by atoms with Gasteiger partial charge in [0.05, 0.1) is 11.1 Å². The van der Waals surface area contributed by atoms with Gasteiger partial charge in [0, 0.05) is 16.8 Å². The van der Waals surface area contributed by atoms with Gasteiger partial charge < -0.3 is 10.6 Å². The molecule has 7 heteroatoms. The number of nitrogens with one attached hydrogen (secondary N) is 2. The number of carbonyl (C=O) groups excluding carboxylic acids is 4. The molecule has 1 aliphatic heterocycles. The van der Waals surface area contributed by atoms with E-state index in [1.165, 1.54) is 0 Å². The molecule has 1 heterocycles. The van der Waals surface area contributed by atoms with Crippen molar-refractivity contribution in [3.05, 3.63) is 65.2 Å². The molecule has 0 bridgehead atoms. The Morgan fingerprint density at radius 2 is 1.43 bits per heavy atom. The zero-order valence-corrected chi connectivity index (χ0v) is 15.9. The third-order valence-corrected chi connectivity index (χ3v) is 4.10. The molecule has 0 spiro atoms. The van der Waals surface area contributed by atoms with E-state index < -0.39 is 17.7 Å². The summed E-state index contributed by atoms with van der Waals surface area (Å²) in [4.78, 5) is 49.9. The lowest BCUT2D eigenvalue weighted by molar-refractivity contribution is -0.116.